The molecule has 0 aliphatic heterocycles. The van der Waals surface area contributed by atoms with Crippen molar-refractivity contribution >= 4 is 34.8 Å². The molecule has 0 aliphatic rings. The number of rotatable bonds is 18. The van der Waals surface area contributed by atoms with Crippen LogP contribution in [0, 0.1) is 0 Å². The van der Waals surface area contributed by atoms with Gasteiger partial charge in [0.1, 0.15) is 5.78 Å². The smallest absolute Gasteiger partial charge is 0.251 e. The molecule has 4 N–H and O–H groups in total. The molecule has 40 heavy (non-hydrogen) atoms. The van der Waals surface area contributed by atoms with Gasteiger partial charge in [-0.25, -0.2) is 0 Å². The molecule has 0 aromatic heterocycles. The molecule has 0 heterocycles. The molecule has 220 valence electrons. The zero-order chi connectivity index (χ0) is 29.6. The van der Waals surface area contributed by atoms with Crippen LogP contribution < -0.4 is 21.3 Å². The van der Waals surface area contributed by atoms with Crippen molar-refractivity contribution in [1.82, 2.24) is 10.6 Å². The van der Waals surface area contributed by atoms with Gasteiger partial charge in [-0.2, -0.15) is 0 Å². The van der Waals surface area contributed by atoms with Gasteiger partial charge in [0.15, 0.2) is 5.78 Å². The van der Waals surface area contributed by atoms with E-state index in [-0.39, 0.29) is 23.4 Å². The maximum Gasteiger partial charge on any atom is 0.251 e. The number of hydrogen-bond acceptors (Lipinski definition) is 6. The number of carbonyl (C=O) groups is 4. The van der Waals surface area contributed by atoms with Crippen LogP contribution in [0.15, 0.2) is 48.5 Å². The van der Waals surface area contributed by atoms with E-state index in [1.807, 2.05) is 38.4 Å². The molecule has 2 aromatic carbocycles. The number of amides is 2. The summed E-state index contributed by atoms with van der Waals surface area (Å²) in [6, 6.07) is 14.4. The first-order valence-corrected chi connectivity index (χ1v) is 14.4. The van der Waals surface area contributed by atoms with Gasteiger partial charge in [-0.05, 0) is 102 Å². The summed E-state index contributed by atoms with van der Waals surface area (Å²) >= 11 is 0. The van der Waals surface area contributed by atoms with E-state index in [1.54, 1.807) is 31.2 Å². The third-order valence-corrected chi connectivity index (χ3v) is 6.33. The molecule has 0 fully saturated rings. The highest BCUT2D eigenvalue weighted by Gasteiger charge is 2.05. The van der Waals surface area contributed by atoms with Gasteiger partial charge in [0, 0.05) is 48.9 Å². The summed E-state index contributed by atoms with van der Waals surface area (Å²) < 4.78 is 0. The molecule has 2 amide bonds. The Hall–Kier alpha value is -3.52. The van der Waals surface area contributed by atoms with Crippen molar-refractivity contribution in [3.63, 3.8) is 0 Å². The Morgan fingerprint density at radius 3 is 1.68 bits per heavy atom. The van der Waals surface area contributed by atoms with E-state index in [0.717, 1.165) is 69.3 Å². The second-order valence-corrected chi connectivity index (χ2v) is 9.90. The van der Waals surface area contributed by atoms with Crippen LogP contribution in [0.3, 0.4) is 0 Å². The van der Waals surface area contributed by atoms with E-state index in [0.29, 0.717) is 30.5 Å². The minimum atomic E-state index is -0.0311. The lowest BCUT2D eigenvalue weighted by atomic mass is 10.1. The summed E-state index contributed by atoms with van der Waals surface area (Å²) in [5.74, 6) is 0.290. The number of nitrogens with one attached hydrogen (secondary N) is 4. The lowest BCUT2D eigenvalue weighted by molar-refractivity contribution is -0.117. The van der Waals surface area contributed by atoms with Crippen molar-refractivity contribution < 1.29 is 19.2 Å². The third-order valence-electron chi connectivity index (χ3n) is 6.33. The van der Waals surface area contributed by atoms with Crippen molar-refractivity contribution in [2.75, 3.05) is 37.8 Å². The SMILES string of the molecule is CNCCCCCCC(=O)Nc1ccc(C(C)=O)cc1.CNc1ccc(C(=O)NCCCCCCC(C)=O)cc1. The monoisotopic (exact) mass is 552 g/mol. The summed E-state index contributed by atoms with van der Waals surface area (Å²) in [5.41, 5.74) is 3.08. The number of hydrogen-bond donors (Lipinski definition) is 4. The van der Waals surface area contributed by atoms with Crippen molar-refractivity contribution in [2.45, 2.75) is 78.1 Å². The molecule has 0 bridgehead atoms. The maximum absolute atomic E-state index is 11.8. The first kappa shape index (κ1) is 34.5. The largest absolute Gasteiger partial charge is 0.388 e. The molecule has 0 unspecified atom stereocenters. The fraction of sp³-hybridized carbons (Fsp3) is 0.500. The zero-order valence-electron chi connectivity index (χ0n) is 24.7. The van der Waals surface area contributed by atoms with Crippen LogP contribution in [0.5, 0.6) is 0 Å². The standard InChI is InChI=1S/2C16H24N2O2/c1-13(19)14-8-10-15(11-9-14)18-16(20)7-5-3-4-6-12-17-2;1-13(19)7-5-3-4-6-12-18-16(20)14-8-10-15(17-2)11-9-14/h2*8-11,17H,3-7,12H2,1-2H3,(H,18,20). The van der Waals surface area contributed by atoms with E-state index in [4.69, 9.17) is 0 Å². The lowest BCUT2D eigenvalue weighted by Crippen LogP contribution is -2.24. The average Bonchev–Trinajstić information content (AvgIpc) is 2.94. The summed E-state index contributed by atoms with van der Waals surface area (Å²) in [5, 5.41) is 11.9. The quantitative estimate of drug-likeness (QED) is 0.133. The summed E-state index contributed by atoms with van der Waals surface area (Å²) in [4.78, 5) is 45.5. The molecule has 0 radical (unpaired) electrons. The molecule has 0 saturated heterocycles. The van der Waals surface area contributed by atoms with Crippen LogP contribution in [0.25, 0.3) is 0 Å². The van der Waals surface area contributed by atoms with Crippen LogP contribution in [0.1, 0.15) is 98.8 Å². The zero-order valence-corrected chi connectivity index (χ0v) is 24.7. The Bertz CT molecular complexity index is 1020. The molecule has 0 spiro atoms. The summed E-state index contributed by atoms with van der Waals surface area (Å²) in [6.07, 6.45) is 9.54. The second-order valence-electron chi connectivity index (χ2n) is 9.90. The number of anilines is 2. The highest BCUT2D eigenvalue weighted by Crippen LogP contribution is 2.12. The Morgan fingerprint density at radius 2 is 1.12 bits per heavy atom. The van der Waals surface area contributed by atoms with Crippen LogP contribution in [-0.4, -0.2) is 50.6 Å². The van der Waals surface area contributed by atoms with Crippen LogP contribution in [-0.2, 0) is 9.59 Å². The van der Waals surface area contributed by atoms with Gasteiger partial charge >= 0.3 is 0 Å². The predicted octanol–water partition coefficient (Wildman–Crippen LogP) is 6.00. The average molecular weight is 553 g/mol. The molecular formula is C32H48N4O4. The van der Waals surface area contributed by atoms with Gasteiger partial charge in [-0.15, -0.1) is 0 Å². The maximum atomic E-state index is 11.8. The Labute approximate surface area is 240 Å². The van der Waals surface area contributed by atoms with Crippen LogP contribution in [0.2, 0.25) is 0 Å². The Kier molecular flexibility index (Phi) is 18.4. The minimum absolute atomic E-state index is 0.0311. The highest BCUT2D eigenvalue weighted by molar-refractivity contribution is 5.96. The van der Waals surface area contributed by atoms with E-state index in [2.05, 4.69) is 21.3 Å². The number of carbonyl (C=O) groups excluding carboxylic acids is 4. The number of unbranched alkanes of at least 4 members (excludes halogenated alkanes) is 6. The second kappa shape index (κ2) is 21.3. The Balaban J connectivity index is 0.000000400. The van der Waals surface area contributed by atoms with Gasteiger partial charge in [-0.3, -0.25) is 14.4 Å². The number of Topliss-reactive ketones (excluding diaryl/α,β-unsaturated/α-hetero) is 2. The summed E-state index contributed by atoms with van der Waals surface area (Å²) in [7, 11) is 3.80. The van der Waals surface area contributed by atoms with Gasteiger partial charge in [0.2, 0.25) is 5.91 Å². The fourth-order valence-corrected chi connectivity index (χ4v) is 3.90. The van der Waals surface area contributed by atoms with Crippen LogP contribution in [0.4, 0.5) is 11.4 Å². The van der Waals surface area contributed by atoms with E-state index in [1.165, 1.54) is 6.92 Å². The van der Waals surface area contributed by atoms with Gasteiger partial charge in [0.25, 0.3) is 5.91 Å². The van der Waals surface area contributed by atoms with Crippen molar-refractivity contribution in [3.8, 4) is 0 Å². The first-order valence-electron chi connectivity index (χ1n) is 14.4. The molecule has 8 nitrogen and oxygen atoms in total. The van der Waals surface area contributed by atoms with Crippen molar-refractivity contribution in [1.29, 1.82) is 0 Å². The molecule has 0 aliphatic carbocycles. The lowest BCUT2D eigenvalue weighted by Gasteiger charge is -2.06. The number of benzene rings is 2. The Morgan fingerprint density at radius 1 is 0.600 bits per heavy atom. The predicted molar refractivity (Wildman–Crippen MR) is 164 cm³/mol. The van der Waals surface area contributed by atoms with Gasteiger partial charge in [0.05, 0.1) is 0 Å². The highest BCUT2D eigenvalue weighted by atomic mass is 16.2. The molecule has 2 rings (SSSR count). The molecule has 0 saturated carbocycles. The van der Waals surface area contributed by atoms with Gasteiger partial charge in [-0.1, -0.05) is 25.7 Å². The van der Waals surface area contributed by atoms with Crippen LogP contribution >= 0.6 is 0 Å². The van der Waals surface area contributed by atoms with Crippen molar-refractivity contribution in [3.05, 3.63) is 59.7 Å². The minimum Gasteiger partial charge on any atom is -0.388 e. The third kappa shape index (κ3) is 16.4. The topological polar surface area (TPSA) is 116 Å². The number of ketones is 2. The normalized spacial score (nSPS) is 10.2. The van der Waals surface area contributed by atoms with Crippen molar-refractivity contribution in [2.24, 2.45) is 0 Å². The van der Waals surface area contributed by atoms with E-state index in [9.17, 15) is 19.2 Å². The summed E-state index contributed by atoms with van der Waals surface area (Å²) in [6.45, 7) is 4.88. The van der Waals surface area contributed by atoms with E-state index >= 15 is 0 Å². The first-order chi connectivity index (χ1) is 19.3. The van der Waals surface area contributed by atoms with E-state index < -0.39 is 0 Å². The fourth-order valence-electron chi connectivity index (χ4n) is 3.90. The molecular weight excluding hydrogens is 504 g/mol. The molecule has 2 aromatic rings. The molecule has 0 atom stereocenters. The molecule has 8 heteroatoms. The van der Waals surface area contributed by atoms with Gasteiger partial charge < -0.3 is 26.1 Å².